The van der Waals surface area contributed by atoms with E-state index < -0.39 is 0 Å². The first-order chi connectivity index (χ1) is 13.5. The van der Waals surface area contributed by atoms with Crippen LogP contribution in [0.25, 0.3) is 0 Å². The number of para-hydroxylation sites is 2. The van der Waals surface area contributed by atoms with E-state index in [1.54, 1.807) is 36.4 Å². The zero-order chi connectivity index (χ0) is 20.4. The molecule has 0 saturated carbocycles. The summed E-state index contributed by atoms with van der Waals surface area (Å²) in [5, 5.41) is 23.1. The molecule has 1 aliphatic rings. The van der Waals surface area contributed by atoms with E-state index in [0.29, 0.717) is 10.3 Å². The average Bonchev–Trinajstić information content (AvgIpc) is 3.17. The number of hydrogen-bond donors (Lipinski definition) is 4. The van der Waals surface area contributed by atoms with Crippen molar-refractivity contribution >= 4 is 46.4 Å². The van der Waals surface area contributed by atoms with Gasteiger partial charge in [0.2, 0.25) is 0 Å². The maximum atomic E-state index is 11.6. The van der Waals surface area contributed by atoms with Crippen LogP contribution in [-0.2, 0) is 21.9 Å². The van der Waals surface area contributed by atoms with Crippen molar-refractivity contribution in [3.05, 3.63) is 87.9 Å². The Morgan fingerprint density at radius 3 is 2.55 bits per heavy atom. The summed E-state index contributed by atoms with van der Waals surface area (Å²) in [6.07, 6.45) is 9.57. The van der Waals surface area contributed by atoms with Gasteiger partial charge in [0.1, 0.15) is 0 Å². The van der Waals surface area contributed by atoms with Gasteiger partial charge >= 0.3 is 0 Å². The molecule has 7 nitrogen and oxygen atoms in total. The van der Waals surface area contributed by atoms with Gasteiger partial charge in [-0.15, -0.1) is 11.3 Å². The zero-order valence-electron chi connectivity index (χ0n) is 14.9. The SMILES string of the molecule is NC(=S)NN/C=C1\C=CC=CC1=O.[Cu].[O-]/[N+](=C\c1cccs1)c1ccccc1O. The zero-order valence-corrected chi connectivity index (χ0v) is 17.5. The van der Waals surface area contributed by atoms with Crippen molar-refractivity contribution in [2.24, 2.45) is 5.73 Å². The molecule has 0 spiro atoms. The summed E-state index contributed by atoms with van der Waals surface area (Å²) in [4.78, 5) is 12.0. The van der Waals surface area contributed by atoms with Gasteiger partial charge in [0.15, 0.2) is 22.9 Å². The molecule has 1 radical (unpaired) electrons. The van der Waals surface area contributed by atoms with E-state index in [2.05, 4.69) is 23.1 Å². The van der Waals surface area contributed by atoms with Gasteiger partial charge in [-0.05, 0) is 41.9 Å². The summed E-state index contributed by atoms with van der Waals surface area (Å²) in [5.74, 6) is -0.0694. The van der Waals surface area contributed by atoms with Crippen LogP contribution in [0.15, 0.2) is 77.9 Å². The minimum absolute atomic E-state index is 0. The summed E-state index contributed by atoms with van der Waals surface area (Å²) in [6, 6.07) is 10.2. The van der Waals surface area contributed by atoms with Crippen LogP contribution in [0.4, 0.5) is 5.69 Å². The number of ketones is 1. The number of phenolic OH excluding ortho intramolecular Hbond substituents is 1. The number of thiocarbonyl (C=S) groups is 1. The van der Waals surface area contributed by atoms with Crippen LogP contribution >= 0.6 is 23.6 Å². The molecule has 0 saturated heterocycles. The van der Waals surface area contributed by atoms with Crippen molar-refractivity contribution in [3.8, 4) is 5.75 Å². The molecule has 155 valence electrons. The molecule has 1 aromatic heterocycles. The molecule has 0 atom stereocenters. The Balaban J connectivity index is 0.000000284. The van der Waals surface area contributed by atoms with E-state index in [1.807, 2.05) is 17.5 Å². The van der Waals surface area contributed by atoms with E-state index in [4.69, 9.17) is 5.73 Å². The predicted octanol–water partition coefficient (Wildman–Crippen LogP) is 2.62. The van der Waals surface area contributed by atoms with Crippen molar-refractivity contribution in [1.82, 2.24) is 10.9 Å². The fraction of sp³-hybridized carbons (Fsp3) is 0. The number of phenols is 1. The Kier molecular flexibility index (Phi) is 10.4. The van der Waals surface area contributed by atoms with Crippen LogP contribution in [0.1, 0.15) is 4.88 Å². The number of carbonyl (C=O) groups is 1. The fourth-order valence-electron chi connectivity index (χ4n) is 1.99. The quantitative estimate of drug-likeness (QED) is 0.102. The van der Waals surface area contributed by atoms with Crippen molar-refractivity contribution < 1.29 is 31.7 Å². The number of nitrogens with one attached hydrogen (secondary N) is 2. The molecule has 0 bridgehead atoms. The Morgan fingerprint density at radius 1 is 1.21 bits per heavy atom. The summed E-state index contributed by atoms with van der Waals surface area (Å²) in [7, 11) is 0. The van der Waals surface area contributed by atoms with E-state index >= 15 is 0 Å². The van der Waals surface area contributed by atoms with Gasteiger partial charge in [0.25, 0.3) is 5.69 Å². The number of hydrogen-bond acceptors (Lipinski definition) is 6. The molecule has 3 rings (SSSR count). The van der Waals surface area contributed by atoms with Crippen LogP contribution < -0.4 is 16.6 Å². The molecular formula is C19H18CuN4O3S2. The number of thiophene rings is 1. The third-order valence-corrected chi connectivity index (χ3v) is 4.16. The number of rotatable bonds is 4. The molecular weight excluding hydrogens is 460 g/mol. The first-order valence-corrected chi connectivity index (χ1v) is 9.29. The normalized spacial score (nSPS) is 13.9. The van der Waals surface area contributed by atoms with Crippen LogP contribution in [0.3, 0.4) is 0 Å². The third kappa shape index (κ3) is 8.32. The van der Waals surface area contributed by atoms with Gasteiger partial charge in [-0.2, -0.15) is 4.74 Å². The first kappa shape index (κ1) is 24.1. The summed E-state index contributed by atoms with van der Waals surface area (Å²) >= 11 is 6.02. The third-order valence-electron chi connectivity index (χ3n) is 3.25. The molecule has 1 aliphatic carbocycles. The number of nitrogens with two attached hydrogens (primary N) is 1. The largest absolute Gasteiger partial charge is 0.618 e. The maximum absolute atomic E-state index is 11.6. The first-order valence-electron chi connectivity index (χ1n) is 8.00. The summed E-state index contributed by atoms with van der Waals surface area (Å²) in [5.41, 5.74) is 11.0. The van der Waals surface area contributed by atoms with Gasteiger partial charge in [-0.1, -0.05) is 30.4 Å². The van der Waals surface area contributed by atoms with Crippen LogP contribution in [0.5, 0.6) is 5.75 Å². The molecule has 2 aromatic rings. The molecule has 1 aromatic carbocycles. The minimum Gasteiger partial charge on any atom is -0.618 e. The van der Waals surface area contributed by atoms with Crippen molar-refractivity contribution in [2.75, 3.05) is 0 Å². The van der Waals surface area contributed by atoms with Gasteiger partial charge in [0.05, 0.1) is 4.88 Å². The van der Waals surface area contributed by atoms with Gasteiger partial charge in [-0.25, -0.2) is 0 Å². The average molecular weight is 478 g/mol. The Labute approximate surface area is 188 Å². The molecule has 0 aliphatic heterocycles. The standard InChI is InChI=1S/C11H9NO2S.C8H9N3OS.Cu/c13-11-6-2-1-5-10(11)12(14)8-9-4-3-7-15-9;9-8(13)11-10-5-6-3-1-2-4-7(6)12;/h1-8,13H;1-5,10H,(H3,9,11,13);/b12-8-;6-5+;. The van der Waals surface area contributed by atoms with Crippen LogP contribution in [0.2, 0.25) is 0 Å². The molecule has 10 heteroatoms. The molecule has 0 unspecified atom stereocenters. The second-order valence-electron chi connectivity index (χ2n) is 5.27. The van der Waals surface area contributed by atoms with Gasteiger partial charge in [-0.3, -0.25) is 10.2 Å². The van der Waals surface area contributed by atoms with Crippen molar-refractivity contribution in [2.45, 2.75) is 0 Å². The second-order valence-corrected chi connectivity index (χ2v) is 6.69. The van der Waals surface area contributed by atoms with E-state index in [0.717, 1.165) is 4.88 Å². The van der Waals surface area contributed by atoms with E-state index in [-0.39, 0.29) is 39.4 Å². The maximum Gasteiger partial charge on any atom is 0.258 e. The minimum atomic E-state index is -0.0558. The van der Waals surface area contributed by atoms with Crippen LogP contribution in [-0.4, -0.2) is 27.0 Å². The monoisotopic (exact) mass is 477 g/mol. The molecule has 5 N–H and O–H groups in total. The smallest absolute Gasteiger partial charge is 0.258 e. The molecule has 1 heterocycles. The Bertz CT molecular complexity index is 954. The number of hydrazine groups is 1. The molecule has 0 amide bonds. The predicted molar refractivity (Wildman–Crippen MR) is 115 cm³/mol. The number of aromatic hydroxyl groups is 1. The van der Waals surface area contributed by atoms with E-state index in [9.17, 15) is 15.1 Å². The van der Waals surface area contributed by atoms with Crippen molar-refractivity contribution in [3.63, 3.8) is 0 Å². The van der Waals surface area contributed by atoms with Gasteiger partial charge in [0, 0.05) is 34.9 Å². The number of benzene rings is 1. The second kappa shape index (κ2) is 12.5. The van der Waals surface area contributed by atoms with Crippen LogP contribution in [0, 0.1) is 5.21 Å². The van der Waals surface area contributed by atoms with Crippen molar-refractivity contribution in [1.29, 1.82) is 0 Å². The summed E-state index contributed by atoms with van der Waals surface area (Å²) < 4.78 is 0.668. The molecule has 29 heavy (non-hydrogen) atoms. The van der Waals surface area contributed by atoms with E-state index in [1.165, 1.54) is 35.9 Å². The Morgan fingerprint density at radius 2 is 1.93 bits per heavy atom. The Hall–Kier alpha value is -2.91. The topological polar surface area (TPSA) is 113 Å². The number of allylic oxidation sites excluding steroid dienone is 5. The summed E-state index contributed by atoms with van der Waals surface area (Å²) in [6.45, 7) is 0. The fourth-order valence-corrected chi connectivity index (χ4v) is 2.67. The number of nitrogens with zero attached hydrogens (tertiary/aromatic N) is 1. The van der Waals surface area contributed by atoms with Gasteiger partial charge < -0.3 is 21.5 Å². The number of carbonyl (C=O) groups excluding carboxylic acids is 1. The molecule has 0 fully saturated rings.